The molecule has 1 amide bonds. The fraction of sp³-hybridized carbons (Fsp3) is 0.182. The number of carbonyl (C=O) groups is 2. The van der Waals surface area contributed by atoms with E-state index in [1.807, 2.05) is 18.2 Å². The Morgan fingerprint density at radius 2 is 1.64 bits per heavy atom. The van der Waals surface area contributed by atoms with Crippen LogP contribution in [0.3, 0.4) is 0 Å². The Bertz CT molecular complexity index is 939. The van der Waals surface area contributed by atoms with Gasteiger partial charge < -0.3 is 10.2 Å². The van der Waals surface area contributed by atoms with Crippen LogP contribution < -0.4 is 10.2 Å². The molecular formula is C22H22N4O2. The minimum absolute atomic E-state index is 0.0182. The Labute approximate surface area is 164 Å². The lowest BCUT2D eigenvalue weighted by molar-refractivity contribution is 0.101. The van der Waals surface area contributed by atoms with Crippen molar-refractivity contribution in [3.8, 4) is 0 Å². The SMILES string of the molecule is CCN(Cc1ccccc1)c1ccc(C(=O)Nc2ccc(C(C)=O)cc2)nn1. The zero-order chi connectivity index (χ0) is 19.9. The summed E-state index contributed by atoms with van der Waals surface area (Å²) in [7, 11) is 0. The van der Waals surface area contributed by atoms with Crippen molar-refractivity contribution in [1.82, 2.24) is 10.2 Å². The van der Waals surface area contributed by atoms with Crippen molar-refractivity contribution in [2.75, 3.05) is 16.8 Å². The number of rotatable bonds is 7. The van der Waals surface area contributed by atoms with Crippen molar-refractivity contribution < 1.29 is 9.59 Å². The summed E-state index contributed by atoms with van der Waals surface area (Å²) in [6.07, 6.45) is 0. The lowest BCUT2D eigenvalue weighted by atomic mass is 10.1. The number of hydrogen-bond acceptors (Lipinski definition) is 5. The second-order valence-corrected chi connectivity index (χ2v) is 6.36. The van der Waals surface area contributed by atoms with Crippen molar-refractivity contribution in [2.24, 2.45) is 0 Å². The maximum atomic E-state index is 12.4. The number of anilines is 2. The van der Waals surface area contributed by atoms with Gasteiger partial charge in [0.15, 0.2) is 17.3 Å². The van der Waals surface area contributed by atoms with Crippen molar-refractivity contribution in [1.29, 1.82) is 0 Å². The molecule has 0 aliphatic heterocycles. The van der Waals surface area contributed by atoms with E-state index in [4.69, 9.17) is 0 Å². The van der Waals surface area contributed by atoms with E-state index in [1.165, 1.54) is 12.5 Å². The van der Waals surface area contributed by atoms with Gasteiger partial charge in [-0.3, -0.25) is 9.59 Å². The molecule has 2 aromatic carbocycles. The van der Waals surface area contributed by atoms with Gasteiger partial charge in [0, 0.05) is 24.3 Å². The van der Waals surface area contributed by atoms with Gasteiger partial charge in [-0.15, -0.1) is 10.2 Å². The average molecular weight is 374 g/mol. The van der Waals surface area contributed by atoms with Crippen LogP contribution in [0.15, 0.2) is 66.7 Å². The van der Waals surface area contributed by atoms with E-state index in [1.54, 1.807) is 36.4 Å². The smallest absolute Gasteiger partial charge is 0.276 e. The largest absolute Gasteiger partial charge is 0.351 e. The zero-order valence-electron chi connectivity index (χ0n) is 15.9. The monoisotopic (exact) mass is 374 g/mol. The Kier molecular flexibility index (Phi) is 6.11. The number of Topliss-reactive ketones (excluding diaryl/α,β-unsaturated/α-hetero) is 1. The Morgan fingerprint density at radius 1 is 0.929 bits per heavy atom. The summed E-state index contributed by atoms with van der Waals surface area (Å²) >= 11 is 0. The van der Waals surface area contributed by atoms with E-state index in [0.717, 1.165) is 13.1 Å². The summed E-state index contributed by atoms with van der Waals surface area (Å²) < 4.78 is 0. The first-order chi connectivity index (χ1) is 13.6. The van der Waals surface area contributed by atoms with Crippen LogP contribution in [0.5, 0.6) is 0 Å². The number of aromatic nitrogens is 2. The quantitative estimate of drug-likeness (QED) is 0.634. The summed E-state index contributed by atoms with van der Waals surface area (Å²) in [6, 6.07) is 20.3. The molecule has 1 N–H and O–H groups in total. The van der Waals surface area contributed by atoms with Crippen LogP contribution in [-0.2, 0) is 6.54 Å². The topological polar surface area (TPSA) is 75.2 Å². The molecule has 0 aliphatic carbocycles. The molecule has 0 radical (unpaired) electrons. The second-order valence-electron chi connectivity index (χ2n) is 6.36. The molecule has 0 aliphatic rings. The molecule has 1 heterocycles. The number of nitrogens with zero attached hydrogens (tertiary/aromatic N) is 3. The molecule has 6 heteroatoms. The van der Waals surface area contributed by atoms with Crippen LogP contribution in [-0.4, -0.2) is 28.4 Å². The number of carbonyl (C=O) groups excluding carboxylic acids is 2. The van der Waals surface area contributed by atoms with Crippen LogP contribution in [0.4, 0.5) is 11.5 Å². The zero-order valence-corrected chi connectivity index (χ0v) is 15.9. The lowest BCUT2D eigenvalue weighted by Gasteiger charge is -2.21. The molecule has 0 atom stereocenters. The maximum Gasteiger partial charge on any atom is 0.276 e. The Hall–Kier alpha value is -3.54. The van der Waals surface area contributed by atoms with Gasteiger partial charge in [0.1, 0.15) is 0 Å². The number of nitrogens with one attached hydrogen (secondary N) is 1. The van der Waals surface area contributed by atoms with E-state index in [-0.39, 0.29) is 17.4 Å². The Balaban J connectivity index is 1.67. The van der Waals surface area contributed by atoms with Crippen LogP contribution in [0.25, 0.3) is 0 Å². The van der Waals surface area contributed by atoms with Gasteiger partial charge in [0.2, 0.25) is 0 Å². The predicted octanol–water partition coefficient (Wildman–Crippen LogP) is 3.96. The normalized spacial score (nSPS) is 10.4. The summed E-state index contributed by atoms with van der Waals surface area (Å²) in [5.74, 6) is 0.352. The van der Waals surface area contributed by atoms with Crippen molar-refractivity contribution in [3.63, 3.8) is 0 Å². The summed E-state index contributed by atoms with van der Waals surface area (Å²) in [5, 5.41) is 11.1. The lowest BCUT2D eigenvalue weighted by Crippen LogP contribution is -2.24. The number of hydrogen-bond donors (Lipinski definition) is 1. The fourth-order valence-electron chi connectivity index (χ4n) is 2.76. The van der Waals surface area contributed by atoms with E-state index < -0.39 is 0 Å². The van der Waals surface area contributed by atoms with Crippen LogP contribution in [0.1, 0.15) is 40.3 Å². The average Bonchev–Trinajstić information content (AvgIpc) is 2.73. The molecule has 0 spiro atoms. The first-order valence-corrected chi connectivity index (χ1v) is 9.11. The highest BCUT2D eigenvalue weighted by Gasteiger charge is 2.12. The first-order valence-electron chi connectivity index (χ1n) is 9.11. The molecule has 3 aromatic rings. The summed E-state index contributed by atoms with van der Waals surface area (Å²) in [5.41, 5.74) is 2.61. The van der Waals surface area contributed by atoms with Crippen LogP contribution in [0, 0.1) is 0 Å². The van der Waals surface area contributed by atoms with E-state index in [9.17, 15) is 9.59 Å². The third-order valence-corrected chi connectivity index (χ3v) is 4.35. The maximum absolute atomic E-state index is 12.4. The highest BCUT2D eigenvalue weighted by molar-refractivity contribution is 6.03. The molecule has 1 aromatic heterocycles. The second kappa shape index (κ2) is 8.90. The molecule has 0 saturated heterocycles. The molecule has 6 nitrogen and oxygen atoms in total. The van der Waals surface area contributed by atoms with Gasteiger partial charge in [-0.05, 0) is 55.8 Å². The standard InChI is InChI=1S/C22H22N4O2/c1-3-26(15-17-7-5-4-6-8-17)21-14-13-20(24-25-21)22(28)23-19-11-9-18(10-12-19)16(2)27/h4-14H,3,15H2,1-2H3,(H,23,28). The number of ketones is 1. The van der Waals surface area contributed by atoms with E-state index in [0.29, 0.717) is 17.1 Å². The Morgan fingerprint density at radius 3 is 2.21 bits per heavy atom. The van der Waals surface area contributed by atoms with Crippen LogP contribution >= 0.6 is 0 Å². The van der Waals surface area contributed by atoms with Gasteiger partial charge in [0.05, 0.1) is 0 Å². The highest BCUT2D eigenvalue weighted by atomic mass is 16.2. The minimum atomic E-state index is -0.347. The van der Waals surface area contributed by atoms with E-state index >= 15 is 0 Å². The minimum Gasteiger partial charge on any atom is -0.351 e. The van der Waals surface area contributed by atoms with Gasteiger partial charge in [-0.25, -0.2) is 0 Å². The molecule has 0 saturated carbocycles. The molecule has 0 fully saturated rings. The third kappa shape index (κ3) is 4.79. The van der Waals surface area contributed by atoms with E-state index in [2.05, 4.69) is 39.5 Å². The molecule has 0 unspecified atom stereocenters. The van der Waals surface area contributed by atoms with Crippen molar-refractivity contribution in [2.45, 2.75) is 20.4 Å². The van der Waals surface area contributed by atoms with Gasteiger partial charge in [-0.1, -0.05) is 30.3 Å². The van der Waals surface area contributed by atoms with Gasteiger partial charge in [0.25, 0.3) is 5.91 Å². The molecule has 0 bridgehead atoms. The molecular weight excluding hydrogens is 352 g/mol. The first kappa shape index (κ1) is 19.2. The molecule has 3 rings (SSSR count). The number of amides is 1. The molecule has 142 valence electrons. The summed E-state index contributed by atoms with van der Waals surface area (Å²) in [6.45, 7) is 5.05. The van der Waals surface area contributed by atoms with Crippen LogP contribution in [0.2, 0.25) is 0 Å². The van der Waals surface area contributed by atoms with Gasteiger partial charge >= 0.3 is 0 Å². The van der Waals surface area contributed by atoms with Gasteiger partial charge in [-0.2, -0.15) is 0 Å². The third-order valence-electron chi connectivity index (χ3n) is 4.35. The fourth-order valence-corrected chi connectivity index (χ4v) is 2.76. The van der Waals surface area contributed by atoms with Crippen molar-refractivity contribution in [3.05, 3.63) is 83.6 Å². The molecule has 28 heavy (non-hydrogen) atoms. The highest BCUT2D eigenvalue weighted by Crippen LogP contribution is 2.15. The summed E-state index contributed by atoms with van der Waals surface area (Å²) in [4.78, 5) is 25.8. The van der Waals surface area contributed by atoms with Crippen molar-refractivity contribution >= 4 is 23.2 Å². The number of benzene rings is 2. The predicted molar refractivity (Wildman–Crippen MR) is 110 cm³/mol.